The van der Waals surface area contributed by atoms with Gasteiger partial charge in [0.25, 0.3) is 0 Å². The summed E-state index contributed by atoms with van der Waals surface area (Å²) in [5, 5.41) is 13.2. The Labute approximate surface area is 103 Å². The molecule has 0 saturated heterocycles. The largest absolute Gasteiger partial charge is 0.508 e. The summed E-state index contributed by atoms with van der Waals surface area (Å²) in [5.74, 6) is 1.70. The fraction of sp³-hybridized carbons (Fsp3) is 0.0769. The minimum Gasteiger partial charge on any atom is -0.508 e. The van der Waals surface area contributed by atoms with Crippen LogP contribution in [0.5, 0.6) is 5.75 Å². The van der Waals surface area contributed by atoms with Crippen LogP contribution in [0, 0.1) is 0 Å². The van der Waals surface area contributed by atoms with E-state index in [1.165, 1.54) is 0 Å². The first-order chi connectivity index (χ1) is 8.81. The minimum atomic E-state index is 0.221. The van der Waals surface area contributed by atoms with Crippen molar-refractivity contribution in [3.8, 4) is 17.3 Å². The quantitative estimate of drug-likeness (QED) is 0.764. The van der Waals surface area contributed by atoms with E-state index in [1.54, 1.807) is 36.6 Å². The van der Waals surface area contributed by atoms with Gasteiger partial charge in [0.05, 0.1) is 12.7 Å². The number of nitrogens with zero attached hydrogens (tertiary/aromatic N) is 2. The summed E-state index contributed by atoms with van der Waals surface area (Å²) in [6, 6.07) is 10.5. The summed E-state index contributed by atoms with van der Waals surface area (Å²) in [6.07, 6.45) is 2.03. The molecular weight excluding hydrogens is 232 g/mol. The lowest BCUT2D eigenvalue weighted by atomic mass is 10.1. The van der Waals surface area contributed by atoms with E-state index in [0.29, 0.717) is 23.9 Å². The van der Waals surface area contributed by atoms with Gasteiger partial charge >= 0.3 is 0 Å². The number of aromatic nitrogens is 2. The zero-order valence-corrected chi connectivity index (χ0v) is 9.41. The lowest BCUT2D eigenvalue weighted by Crippen LogP contribution is -1.87. The van der Waals surface area contributed by atoms with Crippen LogP contribution in [0.15, 0.2) is 51.6 Å². The smallest absolute Gasteiger partial charge is 0.238 e. The van der Waals surface area contributed by atoms with Gasteiger partial charge in [-0.3, -0.25) is 0 Å². The predicted molar refractivity (Wildman–Crippen MR) is 62.9 cm³/mol. The Hall–Kier alpha value is -2.56. The van der Waals surface area contributed by atoms with Gasteiger partial charge in [-0.15, -0.1) is 0 Å². The molecular formula is C13H10N2O3. The fourth-order valence-corrected chi connectivity index (χ4v) is 1.67. The Morgan fingerprint density at radius 1 is 1.17 bits per heavy atom. The first-order valence-corrected chi connectivity index (χ1v) is 5.45. The number of furan rings is 1. The molecule has 0 atom stereocenters. The number of hydrogen-bond acceptors (Lipinski definition) is 5. The van der Waals surface area contributed by atoms with Gasteiger partial charge in [0.15, 0.2) is 5.76 Å². The zero-order valence-electron chi connectivity index (χ0n) is 9.41. The van der Waals surface area contributed by atoms with Crippen molar-refractivity contribution in [1.29, 1.82) is 0 Å². The number of hydrogen-bond donors (Lipinski definition) is 1. The Kier molecular flexibility index (Phi) is 2.57. The normalized spacial score (nSPS) is 10.7. The Bertz CT molecular complexity index is 644. The minimum absolute atomic E-state index is 0.221. The number of benzene rings is 1. The molecule has 1 N–H and O–H groups in total. The molecule has 18 heavy (non-hydrogen) atoms. The highest BCUT2D eigenvalue weighted by molar-refractivity contribution is 5.44. The zero-order chi connectivity index (χ0) is 12.4. The van der Waals surface area contributed by atoms with E-state index in [-0.39, 0.29) is 5.75 Å². The third-order valence-corrected chi connectivity index (χ3v) is 2.48. The molecule has 0 bridgehead atoms. The molecule has 0 aliphatic heterocycles. The van der Waals surface area contributed by atoms with E-state index >= 15 is 0 Å². The summed E-state index contributed by atoms with van der Waals surface area (Å²) in [4.78, 5) is 4.22. The van der Waals surface area contributed by atoms with Gasteiger partial charge in [0.1, 0.15) is 5.75 Å². The molecule has 5 nitrogen and oxygen atoms in total. The van der Waals surface area contributed by atoms with Crippen molar-refractivity contribution >= 4 is 0 Å². The number of aromatic hydroxyl groups is 1. The van der Waals surface area contributed by atoms with Crippen LogP contribution in [-0.4, -0.2) is 15.2 Å². The highest BCUT2D eigenvalue weighted by Crippen LogP contribution is 2.18. The molecule has 0 aliphatic carbocycles. The van der Waals surface area contributed by atoms with Gasteiger partial charge in [0.2, 0.25) is 11.7 Å². The van der Waals surface area contributed by atoms with Crippen molar-refractivity contribution in [2.45, 2.75) is 6.42 Å². The molecule has 0 aliphatic rings. The van der Waals surface area contributed by atoms with E-state index < -0.39 is 0 Å². The van der Waals surface area contributed by atoms with E-state index in [1.807, 2.05) is 6.07 Å². The monoisotopic (exact) mass is 242 g/mol. The summed E-state index contributed by atoms with van der Waals surface area (Å²) in [7, 11) is 0. The second-order valence-corrected chi connectivity index (χ2v) is 3.84. The molecule has 0 fully saturated rings. The summed E-state index contributed by atoms with van der Waals surface area (Å²) < 4.78 is 10.3. The Morgan fingerprint density at radius 2 is 2.11 bits per heavy atom. The van der Waals surface area contributed by atoms with Crippen molar-refractivity contribution in [2.24, 2.45) is 0 Å². The van der Waals surface area contributed by atoms with E-state index in [0.717, 1.165) is 5.56 Å². The van der Waals surface area contributed by atoms with E-state index in [2.05, 4.69) is 10.1 Å². The van der Waals surface area contributed by atoms with Crippen LogP contribution < -0.4 is 0 Å². The maximum Gasteiger partial charge on any atom is 0.238 e. The highest BCUT2D eigenvalue weighted by atomic mass is 16.5. The summed E-state index contributed by atoms with van der Waals surface area (Å²) in [5.41, 5.74) is 0.907. The molecule has 0 amide bonds. The third-order valence-electron chi connectivity index (χ3n) is 2.48. The van der Waals surface area contributed by atoms with Crippen LogP contribution in [0.2, 0.25) is 0 Å². The van der Waals surface area contributed by atoms with Gasteiger partial charge in [0, 0.05) is 0 Å². The number of phenolic OH excluding ortho intramolecular Hbond substituents is 1. The van der Waals surface area contributed by atoms with Crippen LogP contribution in [0.3, 0.4) is 0 Å². The van der Waals surface area contributed by atoms with Crippen molar-refractivity contribution in [1.82, 2.24) is 10.1 Å². The van der Waals surface area contributed by atoms with Crippen LogP contribution in [0.25, 0.3) is 11.6 Å². The topological polar surface area (TPSA) is 72.3 Å². The van der Waals surface area contributed by atoms with Crippen LogP contribution in [-0.2, 0) is 6.42 Å². The molecule has 90 valence electrons. The lowest BCUT2D eigenvalue weighted by Gasteiger charge is -1.96. The molecule has 0 unspecified atom stereocenters. The molecule has 5 heteroatoms. The average molecular weight is 242 g/mol. The second kappa shape index (κ2) is 4.37. The highest BCUT2D eigenvalue weighted by Gasteiger charge is 2.11. The first kappa shape index (κ1) is 10.6. The molecule has 0 saturated carbocycles. The molecule has 3 rings (SSSR count). The standard InChI is InChI=1S/C13H10N2O3/c16-10-4-1-3-9(7-10)8-12-14-13(15-18-12)11-5-2-6-17-11/h1-7,16H,8H2. The molecule has 1 aromatic carbocycles. The van der Waals surface area contributed by atoms with E-state index in [9.17, 15) is 5.11 Å². The van der Waals surface area contributed by atoms with Gasteiger partial charge < -0.3 is 14.0 Å². The van der Waals surface area contributed by atoms with Crippen LogP contribution >= 0.6 is 0 Å². The van der Waals surface area contributed by atoms with Gasteiger partial charge in [-0.25, -0.2) is 0 Å². The summed E-state index contributed by atoms with van der Waals surface area (Å²) >= 11 is 0. The Balaban J connectivity index is 1.82. The lowest BCUT2D eigenvalue weighted by molar-refractivity contribution is 0.384. The second-order valence-electron chi connectivity index (χ2n) is 3.84. The van der Waals surface area contributed by atoms with Crippen LogP contribution in [0.1, 0.15) is 11.5 Å². The van der Waals surface area contributed by atoms with Crippen molar-refractivity contribution in [3.05, 3.63) is 54.1 Å². The SMILES string of the molecule is Oc1cccc(Cc2nc(-c3ccco3)no2)c1. The molecule has 2 heterocycles. The Morgan fingerprint density at radius 3 is 2.89 bits per heavy atom. The average Bonchev–Trinajstić information content (AvgIpc) is 2.98. The fourth-order valence-electron chi connectivity index (χ4n) is 1.67. The van der Waals surface area contributed by atoms with Gasteiger partial charge in [-0.05, 0) is 29.8 Å². The molecule has 0 spiro atoms. The molecule has 3 aromatic rings. The molecule has 2 aromatic heterocycles. The maximum atomic E-state index is 9.36. The van der Waals surface area contributed by atoms with Crippen molar-refractivity contribution in [3.63, 3.8) is 0 Å². The summed E-state index contributed by atoms with van der Waals surface area (Å²) in [6.45, 7) is 0. The van der Waals surface area contributed by atoms with Crippen LogP contribution in [0.4, 0.5) is 0 Å². The van der Waals surface area contributed by atoms with Crippen molar-refractivity contribution < 1.29 is 14.0 Å². The number of phenols is 1. The first-order valence-electron chi connectivity index (χ1n) is 5.45. The predicted octanol–water partition coefficient (Wildman–Crippen LogP) is 2.63. The van der Waals surface area contributed by atoms with Gasteiger partial charge in [-0.2, -0.15) is 4.98 Å². The van der Waals surface area contributed by atoms with Gasteiger partial charge in [-0.1, -0.05) is 17.3 Å². The van der Waals surface area contributed by atoms with E-state index in [4.69, 9.17) is 8.94 Å². The number of rotatable bonds is 3. The third kappa shape index (κ3) is 2.10. The maximum absolute atomic E-state index is 9.36. The van der Waals surface area contributed by atoms with Crippen molar-refractivity contribution in [2.75, 3.05) is 0 Å². The molecule has 0 radical (unpaired) electrons.